The molecule has 6 rings (SSSR count). The second-order valence-electron chi connectivity index (χ2n) is 8.61. The maximum absolute atomic E-state index is 13.8. The van der Waals surface area contributed by atoms with Crippen molar-refractivity contribution in [2.45, 2.75) is 22.5 Å². The molecule has 2 aliphatic rings. The maximum atomic E-state index is 13.8. The molecule has 190 valence electrons. The van der Waals surface area contributed by atoms with Crippen molar-refractivity contribution in [3.05, 3.63) is 113 Å². The number of carbonyl (C=O) groups excluding carboxylic acids is 2. The molecule has 2 atom stereocenters. The third-order valence-corrected chi connectivity index (χ3v) is 8.31. The Kier molecular flexibility index (Phi) is 6.71. The molecule has 1 fully saturated rings. The molecule has 0 spiro atoms. The number of thioether (sulfide) groups is 2. The van der Waals surface area contributed by atoms with Crippen LogP contribution in [0.3, 0.4) is 0 Å². The van der Waals surface area contributed by atoms with Crippen LogP contribution in [0.1, 0.15) is 17.2 Å². The van der Waals surface area contributed by atoms with Crippen LogP contribution in [0.15, 0.2) is 107 Å². The van der Waals surface area contributed by atoms with Gasteiger partial charge in [-0.2, -0.15) is 10.1 Å². The summed E-state index contributed by atoms with van der Waals surface area (Å²) >= 11 is 2.91. The molecular formula is C27H22N6O3S2. The molecule has 0 radical (unpaired) electrons. The van der Waals surface area contributed by atoms with Crippen molar-refractivity contribution in [1.29, 1.82) is 0 Å². The molecule has 38 heavy (non-hydrogen) atoms. The van der Waals surface area contributed by atoms with Crippen molar-refractivity contribution in [3.63, 3.8) is 0 Å². The van der Waals surface area contributed by atoms with Gasteiger partial charge in [0.25, 0.3) is 5.78 Å². The number of fused-ring (bicyclic) bond motifs is 2. The zero-order valence-corrected chi connectivity index (χ0v) is 21.6. The molecule has 0 unspecified atom stereocenters. The van der Waals surface area contributed by atoms with E-state index < -0.39 is 18.1 Å². The lowest BCUT2D eigenvalue weighted by atomic mass is 10.0. The molecule has 2 aromatic carbocycles. The normalized spacial score (nSPS) is 19.2. The van der Waals surface area contributed by atoms with Gasteiger partial charge in [-0.25, -0.2) is 14.3 Å². The Morgan fingerprint density at radius 2 is 1.82 bits per heavy atom. The van der Waals surface area contributed by atoms with Gasteiger partial charge in [-0.1, -0.05) is 72.4 Å². The third kappa shape index (κ3) is 4.60. The highest BCUT2D eigenvalue weighted by atomic mass is 32.2. The summed E-state index contributed by atoms with van der Waals surface area (Å²) < 4.78 is 7.70. The monoisotopic (exact) mass is 542 g/mol. The number of amides is 1. The second-order valence-corrected chi connectivity index (χ2v) is 10.6. The topological polar surface area (TPSA) is 116 Å². The number of aromatic nitrogens is 4. The van der Waals surface area contributed by atoms with Gasteiger partial charge in [0, 0.05) is 11.9 Å². The molecule has 11 heteroatoms. The van der Waals surface area contributed by atoms with Gasteiger partial charge in [-0.15, -0.1) is 11.8 Å². The number of β-lactam (4-membered cyclic amide) rings is 1. The van der Waals surface area contributed by atoms with Crippen molar-refractivity contribution in [2.75, 3.05) is 5.75 Å². The Labute approximate surface area is 226 Å². The number of allylic oxidation sites excluding steroid dienone is 1. The first kappa shape index (κ1) is 24.4. The molecule has 9 nitrogen and oxygen atoms in total. The van der Waals surface area contributed by atoms with Crippen molar-refractivity contribution in [3.8, 4) is 0 Å². The van der Waals surface area contributed by atoms with Crippen LogP contribution in [0.4, 0.5) is 0 Å². The van der Waals surface area contributed by atoms with Crippen LogP contribution in [-0.4, -0.2) is 53.5 Å². The van der Waals surface area contributed by atoms with Crippen LogP contribution < -0.4 is 5.73 Å². The Morgan fingerprint density at radius 3 is 2.53 bits per heavy atom. The van der Waals surface area contributed by atoms with Crippen LogP contribution >= 0.6 is 23.5 Å². The van der Waals surface area contributed by atoms with Crippen LogP contribution in [0.25, 0.3) is 5.78 Å². The number of rotatable bonds is 7. The maximum Gasteiger partial charge on any atom is 0.356 e. The van der Waals surface area contributed by atoms with Gasteiger partial charge >= 0.3 is 5.97 Å². The van der Waals surface area contributed by atoms with E-state index in [0.717, 1.165) is 16.2 Å². The van der Waals surface area contributed by atoms with E-state index in [9.17, 15) is 9.59 Å². The average molecular weight is 543 g/mol. The number of nitrogens with two attached hydrogens (primary N) is 1. The van der Waals surface area contributed by atoms with E-state index >= 15 is 0 Å². The van der Waals surface area contributed by atoms with E-state index in [1.54, 1.807) is 10.7 Å². The van der Waals surface area contributed by atoms with Crippen LogP contribution in [-0.2, 0) is 14.3 Å². The van der Waals surface area contributed by atoms with Gasteiger partial charge in [-0.3, -0.25) is 9.69 Å². The summed E-state index contributed by atoms with van der Waals surface area (Å²) in [4.78, 5) is 36.6. The predicted octanol–water partition coefficient (Wildman–Crippen LogP) is 3.56. The molecule has 0 saturated carbocycles. The van der Waals surface area contributed by atoms with Crippen LogP contribution in [0, 0.1) is 0 Å². The third-order valence-electron chi connectivity index (χ3n) is 6.24. The summed E-state index contributed by atoms with van der Waals surface area (Å²) in [6.45, 7) is 0. The molecule has 2 N–H and O–H groups in total. The molecule has 0 aliphatic carbocycles. The van der Waals surface area contributed by atoms with E-state index in [1.807, 2.05) is 78.2 Å². The molecule has 1 amide bonds. The molecule has 4 aromatic rings. The first-order valence-corrected chi connectivity index (χ1v) is 13.8. The highest BCUT2D eigenvalue weighted by molar-refractivity contribution is 8.02. The van der Waals surface area contributed by atoms with E-state index in [0.29, 0.717) is 17.1 Å². The largest absolute Gasteiger partial charge is 0.448 e. The summed E-state index contributed by atoms with van der Waals surface area (Å²) in [5, 5.41) is 6.33. The molecule has 2 aromatic heterocycles. The number of carbonyl (C=O) groups is 2. The lowest BCUT2D eigenvalue weighted by Gasteiger charge is -2.48. The zero-order valence-electron chi connectivity index (χ0n) is 20.0. The number of ether oxygens (including phenoxy) is 1. The minimum Gasteiger partial charge on any atom is -0.448 e. The Morgan fingerprint density at radius 1 is 1.11 bits per heavy atom. The molecular weight excluding hydrogens is 520 g/mol. The Bertz CT molecular complexity index is 1520. The molecule has 2 aliphatic heterocycles. The number of nitrogens with zero attached hydrogens (tertiary/aromatic N) is 5. The SMILES string of the molecule is N[C@@H]1C(=O)N2C(C(=O)OC(c3ccccc3)c3ccccc3)=C(/C=C/Sc3ccn4ncnc4n3)CS[C@H]12. The minimum absolute atomic E-state index is 0.232. The van der Waals surface area contributed by atoms with Gasteiger partial charge in [0.15, 0.2) is 6.10 Å². The van der Waals surface area contributed by atoms with Crippen molar-refractivity contribution >= 4 is 41.2 Å². The summed E-state index contributed by atoms with van der Waals surface area (Å²) in [6, 6.07) is 20.3. The van der Waals surface area contributed by atoms with Crippen molar-refractivity contribution in [2.24, 2.45) is 5.73 Å². The van der Waals surface area contributed by atoms with Gasteiger partial charge in [-0.05, 0) is 34.3 Å². The van der Waals surface area contributed by atoms with Gasteiger partial charge in [0.05, 0.1) is 0 Å². The van der Waals surface area contributed by atoms with E-state index in [2.05, 4.69) is 15.1 Å². The summed E-state index contributed by atoms with van der Waals surface area (Å²) in [5.74, 6) is 0.154. The van der Waals surface area contributed by atoms with Crippen LogP contribution in [0.5, 0.6) is 0 Å². The van der Waals surface area contributed by atoms with Crippen molar-refractivity contribution in [1.82, 2.24) is 24.5 Å². The van der Waals surface area contributed by atoms with Crippen LogP contribution in [0.2, 0.25) is 0 Å². The number of hydrogen-bond donors (Lipinski definition) is 1. The molecule has 1 saturated heterocycles. The minimum atomic E-state index is -0.638. The quantitative estimate of drug-likeness (QED) is 0.162. The van der Waals surface area contributed by atoms with E-state index in [4.69, 9.17) is 10.5 Å². The summed E-state index contributed by atoms with van der Waals surface area (Å²) in [5.41, 5.74) is 8.64. The highest BCUT2D eigenvalue weighted by Crippen LogP contribution is 2.41. The van der Waals surface area contributed by atoms with Gasteiger partial charge in [0.2, 0.25) is 5.91 Å². The van der Waals surface area contributed by atoms with Gasteiger partial charge < -0.3 is 10.5 Å². The fourth-order valence-corrected chi connectivity index (χ4v) is 6.27. The van der Waals surface area contributed by atoms with E-state index in [1.165, 1.54) is 34.8 Å². The smallest absolute Gasteiger partial charge is 0.356 e. The van der Waals surface area contributed by atoms with Crippen molar-refractivity contribution < 1.29 is 14.3 Å². The van der Waals surface area contributed by atoms with E-state index in [-0.39, 0.29) is 17.0 Å². The lowest BCUT2D eigenvalue weighted by molar-refractivity contribution is -0.153. The predicted molar refractivity (Wildman–Crippen MR) is 145 cm³/mol. The first-order chi connectivity index (χ1) is 18.6. The lowest BCUT2D eigenvalue weighted by Crippen LogP contribution is -2.68. The number of hydrogen-bond acceptors (Lipinski definition) is 9. The van der Waals surface area contributed by atoms with Gasteiger partial charge in [0.1, 0.15) is 28.5 Å². The second kappa shape index (κ2) is 10.4. The zero-order chi connectivity index (χ0) is 26.1. The highest BCUT2D eigenvalue weighted by Gasteiger charge is 2.52. The number of esters is 1. The first-order valence-electron chi connectivity index (χ1n) is 11.8. The summed E-state index contributed by atoms with van der Waals surface area (Å²) in [6.07, 6.45) is 4.42. The molecule has 0 bridgehead atoms. The fraction of sp³-hybridized carbons (Fsp3) is 0.148. The summed E-state index contributed by atoms with van der Waals surface area (Å²) in [7, 11) is 0. The Hall–Kier alpha value is -3.93. The standard InChI is InChI=1S/C27H22N6O3S2/c28-21-24(34)33-22(26(35)36-23(17-7-3-1-4-8-17)18-9-5-2-6-10-18)19(15-38-25(21)33)12-14-37-20-11-13-32-27(31-20)29-16-30-32/h1-14,16,21,23,25H,15,28H2/b14-12+/t21-,25-/m1/s1. The fourth-order valence-electron chi connectivity index (χ4n) is 4.35. The average Bonchev–Trinajstić information content (AvgIpc) is 3.44. The number of benzene rings is 2. The molecule has 4 heterocycles. The Balaban J connectivity index is 1.31.